The van der Waals surface area contributed by atoms with E-state index in [9.17, 15) is 0 Å². The van der Waals surface area contributed by atoms with Crippen LogP contribution in [0.1, 0.15) is 59.0 Å². The summed E-state index contributed by atoms with van der Waals surface area (Å²) < 4.78 is 80.9. The van der Waals surface area contributed by atoms with Crippen molar-refractivity contribution in [2.45, 2.75) is 54.4 Å². The molecule has 2 N–H and O–H groups in total. The van der Waals surface area contributed by atoms with Crippen molar-refractivity contribution in [2.75, 3.05) is 13.1 Å². The maximum atomic E-state index is 8.56. The van der Waals surface area contributed by atoms with Gasteiger partial charge in [0.25, 0.3) is 0 Å². The number of hydrogen-bond donors (Lipinski definition) is 2. The molecule has 0 amide bonds. The van der Waals surface area contributed by atoms with Crippen molar-refractivity contribution in [1.29, 1.82) is 0 Å². The van der Waals surface area contributed by atoms with Gasteiger partial charge in [-0.15, -0.1) is 0 Å². The molecule has 0 aliphatic carbocycles. The summed E-state index contributed by atoms with van der Waals surface area (Å²) in [6, 6.07) is 49.3. The van der Waals surface area contributed by atoms with Crippen LogP contribution in [-0.2, 0) is 107 Å². The molecular weight excluding hydrogens is 1440 g/mol. The van der Waals surface area contributed by atoms with Crippen molar-refractivity contribution in [3.63, 3.8) is 0 Å². The summed E-state index contributed by atoms with van der Waals surface area (Å²) in [6.07, 6.45) is 26.4. The van der Waals surface area contributed by atoms with Crippen LogP contribution in [0.4, 0.5) is 0 Å². The third kappa shape index (κ3) is 43.3. The van der Waals surface area contributed by atoms with E-state index in [1.807, 2.05) is 183 Å². The third-order valence-corrected chi connectivity index (χ3v) is 11.5. The minimum absolute atomic E-state index is 0. The van der Waals surface area contributed by atoms with Crippen LogP contribution in [0.25, 0.3) is 45.6 Å². The van der Waals surface area contributed by atoms with Gasteiger partial charge in [0, 0.05) is 75.1 Å². The zero-order valence-corrected chi connectivity index (χ0v) is 63.1. The first-order valence-electron chi connectivity index (χ1n) is 27.6. The SMILES string of the molecule is C1=CC(c2ccccn2)=NCC1.CC1=CC(c2cc(C)ccn2)=NCC1.Cc1ccnc(-c2cc(C)ccn2)c1.Cc1ccnc(-c2cc(C)ccn2)c1.O=S([O-])O.O=S([O-])O.[CH3-].[CH3-].[CH3-].[CH3-].[O]=[V+2].[O]=[V+2].[O]=[V].[O]=[V].c1ccc(-c2ccccn2)nc1.c1ccc(-c2ccccn2)nc1. The summed E-state index contributed by atoms with van der Waals surface area (Å²) in [5.74, 6) is 0. The molecule has 22 nitrogen and oxygen atoms in total. The molecule has 2 aliphatic rings. The maximum Gasteiger partial charge on any atom is 0.0886 e. The van der Waals surface area contributed by atoms with Crippen LogP contribution in [0.3, 0.4) is 0 Å². The van der Waals surface area contributed by atoms with E-state index < -0.39 is 22.7 Å². The molecule has 28 heteroatoms. The monoisotopic (exact) mass is 1510 g/mol. The zero-order chi connectivity index (χ0) is 69.7. The van der Waals surface area contributed by atoms with Gasteiger partial charge in [-0.05, 0) is 216 Å². The van der Waals surface area contributed by atoms with Gasteiger partial charge in [0.1, 0.15) is 0 Å². The van der Waals surface area contributed by atoms with Crippen LogP contribution < -0.4 is 0 Å². The molecule has 2 aliphatic heterocycles. The van der Waals surface area contributed by atoms with Crippen LogP contribution in [-0.4, -0.2) is 101 Å². The molecule has 2 atom stereocenters. The fourth-order valence-electron chi connectivity index (χ4n) is 7.49. The Hall–Kier alpha value is -8.00. The molecule has 98 heavy (non-hydrogen) atoms. The van der Waals surface area contributed by atoms with Crippen LogP contribution in [0.5, 0.6) is 0 Å². The Morgan fingerprint density at radius 1 is 0.357 bits per heavy atom. The Labute approximate surface area is 619 Å². The first kappa shape index (κ1) is 96.4. The van der Waals surface area contributed by atoms with E-state index in [0.717, 1.165) is 164 Å². The number of dihydropyridines is 2. The smallest absolute Gasteiger partial charge is 0.0886 e. The number of pyridine rings is 10. The van der Waals surface area contributed by atoms with Gasteiger partial charge in [0.15, 0.2) is 0 Å². The largest absolute Gasteiger partial charge is 0.255 e. The Kier molecular flexibility index (Phi) is 60.3. The van der Waals surface area contributed by atoms with Crippen molar-refractivity contribution < 1.29 is 111 Å². The van der Waals surface area contributed by atoms with Gasteiger partial charge >= 0.3 is 84.2 Å². The van der Waals surface area contributed by atoms with Gasteiger partial charge in [0.2, 0.25) is 0 Å². The third-order valence-electron chi connectivity index (χ3n) is 11.5. The number of hydrogen-bond acceptors (Lipinski definition) is 20. The molecule has 512 valence electrons. The summed E-state index contributed by atoms with van der Waals surface area (Å²) >= 11 is -1.47. The van der Waals surface area contributed by atoms with Gasteiger partial charge in [-0.2, -0.15) is 0 Å². The number of aryl methyl sites for hydroxylation is 5. The Morgan fingerprint density at radius 2 is 0.602 bits per heavy atom. The van der Waals surface area contributed by atoms with Crippen molar-refractivity contribution >= 4 is 34.1 Å². The number of aromatic nitrogens is 10. The van der Waals surface area contributed by atoms with Crippen LogP contribution >= 0.6 is 0 Å². The summed E-state index contributed by atoms with van der Waals surface area (Å²) in [5, 5.41) is 0. The molecule has 0 fully saturated rings. The molecule has 10 aromatic rings. The molecule has 12 rings (SSSR count). The van der Waals surface area contributed by atoms with Crippen molar-refractivity contribution in [2.24, 2.45) is 9.98 Å². The summed E-state index contributed by atoms with van der Waals surface area (Å²) in [6.45, 7) is 14.2. The number of allylic oxidation sites excluding steroid dienone is 2. The van der Waals surface area contributed by atoms with E-state index in [4.69, 9.17) is 41.3 Å². The molecule has 2 unspecified atom stereocenters. The first-order valence-corrected chi connectivity index (χ1v) is 31.9. The van der Waals surface area contributed by atoms with Gasteiger partial charge in [-0.3, -0.25) is 59.8 Å². The molecule has 0 saturated heterocycles. The van der Waals surface area contributed by atoms with E-state index in [2.05, 4.69) is 120 Å². The molecule has 0 radical (unpaired) electrons. The second kappa shape index (κ2) is 61.3. The van der Waals surface area contributed by atoms with E-state index in [1.165, 1.54) is 33.4 Å². The predicted molar refractivity (Wildman–Crippen MR) is 368 cm³/mol. The number of nitrogens with zero attached hydrogens (tertiary/aromatic N) is 12. The van der Waals surface area contributed by atoms with Gasteiger partial charge in [0.05, 0.1) is 91.1 Å². The van der Waals surface area contributed by atoms with E-state index in [1.54, 1.807) is 31.0 Å². The van der Waals surface area contributed by atoms with E-state index >= 15 is 0 Å². The molecule has 0 spiro atoms. The minimum Gasteiger partial charge on any atom is -0.255 e. The Bertz CT molecular complexity index is 3540. The van der Waals surface area contributed by atoms with Gasteiger partial charge in [-0.25, -0.2) is 8.42 Å². The first-order chi connectivity index (χ1) is 45.6. The quantitative estimate of drug-likeness (QED) is 0.115. The van der Waals surface area contributed by atoms with Crippen LogP contribution in [0.2, 0.25) is 0 Å². The maximum absolute atomic E-state index is 8.56. The predicted octanol–water partition coefficient (Wildman–Crippen LogP) is 14.2. The Morgan fingerprint density at radius 3 is 0.837 bits per heavy atom. The van der Waals surface area contributed by atoms with Gasteiger partial charge in [-0.1, -0.05) is 42.0 Å². The van der Waals surface area contributed by atoms with Crippen molar-refractivity contribution in [1.82, 2.24) is 49.8 Å². The summed E-state index contributed by atoms with van der Waals surface area (Å²) in [4.78, 5) is 51.3. The minimum atomic E-state index is -2.86. The molecule has 0 aromatic carbocycles. The molecular formula is C70H78N12O10S2V4-2. The van der Waals surface area contributed by atoms with Crippen molar-refractivity contribution in [3.05, 3.63) is 306 Å². The zero-order valence-electron chi connectivity index (χ0n) is 55.9. The Balaban J connectivity index is -0.000000515. The second-order valence-corrected chi connectivity index (χ2v) is 19.4. The average molecular weight is 1520 g/mol. The summed E-state index contributed by atoms with van der Waals surface area (Å²) in [5.41, 5.74) is 18.8. The summed E-state index contributed by atoms with van der Waals surface area (Å²) in [7, 11) is 0. The molecule has 0 bridgehead atoms. The van der Waals surface area contributed by atoms with Gasteiger partial charge < -0.3 is 47.9 Å². The average Bonchev–Trinajstić information content (AvgIpc) is 0.929. The molecule has 0 saturated carbocycles. The fraction of sp³-hybridized carbons (Fsp3) is 0.143. The van der Waals surface area contributed by atoms with Crippen LogP contribution in [0.15, 0.2) is 247 Å². The normalized spacial score (nSPS) is 11.0. The van der Waals surface area contributed by atoms with E-state index in [0.29, 0.717) is 0 Å². The second-order valence-electron chi connectivity index (χ2n) is 18.6. The van der Waals surface area contributed by atoms with Crippen LogP contribution in [0, 0.1) is 64.3 Å². The topological polar surface area (TPSA) is 343 Å². The standard InChI is InChI=1S/C12H14N2.2C12H12N2.C10H10N2.2C10H8N2.4CH3.2H2O3S.4O.4V/c3*1-9-3-5-13-11(7-9)12-8-10(2)4-6-14-12;3*1-3-7-11-9(5-1)10-6-2-4-8-12-10;;;;;2*1-4(2)3;;;;;;;;/h3,5,7-8H,4,6H2,1-2H3;2*3-8H,1-2H3;1-3,5-7H,4,8H2;2*1-8H;4*1H3;2*(H2,1,2,3);;;;;;;;/q;;;;;;4*-1;;;;;;;;;2*+2/p-2. The fourth-order valence-corrected chi connectivity index (χ4v) is 7.49. The molecule has 10 aromatic heterocycles. The van der Waals surface area contributed by atoms with Crippen molar-refractivity contribution in [3.8, 4) is 45.6 Å². The number of aliphatic imine (C=N–C) groups is 2. The molecule has 12 heterocycles. The van der Waals surface area contributed by atoms with E-state index in [-0.39, 0.29) is 29.7 Å². The number of rotatable bonds is 6.